The highest BCUT2D eigenvalue weighted by Crippen LogP contribution is 2.32. The summed E-state index contributed by atoms with van der Waals surface area (Å²) in [6.07, 6.45) is 1.01. The highest BCUT2D eigenvalue weighted by atomic mass is 35.5. The maximum Gasteiger partial charge on any atom is 0.325 e. The molecule has 11 heteroatoms. The van der Waals surface area contributed by atoms with Crippen molar-refractivity contribution < 1.29 is 9.59 Å². The summed E-state index contributed by atoms with van der Waals surface area (Å²) in [5.41, 5.74) is 0.971. The van der Waals surface area contributed by atoms with Crippen LogP contribution in [0.25, 0.3) is 0 Å². The average Bonchev–Trinajstić information content (AvgIpc) is 3.20. The van der Waals surface area contributed by atoms with Gasteiger partial charge in [0.2, 0.25) is 0 Å². The first-order chi connectivity index (χ1) is 12.9. The van der Waals surface area contributed by atoms with Crippen LogP contribution in [0.3, 0.4) is 0 Å². The Bertz CT molecular complexity index is 929. The lowest BCUT2D eigenvalue weighted by Crippen LogP contribution is -2.63. The van der Waals surface area contributed by atoms with Crippen molar-refractivity contribution in [2.24, 2.45) is 12.0 Å². The summed E-state index contributed by atoms with van der Waals surface area (Å²) in [5, 5.41) is 12.2. The smallest absolute Gasteiger partial charge is 0.325 e. The van der Waals surface area contributed by atoms with Crippen LogP contribution in [-0.2, 0) is 18.4 Å². The van der Waals surface area contributed by atoms with E-state index >= 15 is 0 Å². The number of hydrogen-bond acceptors (Lipinski definition) is 7. The molecule has 1 N–H and O–H groups in total. The predicted octanol–water partition coefficient (Wildman–Crippen LogP) is 1.31. The van der Waals surface area contributed by atoms with Crippen molar-refractivity contribution in [1.29, 1.82) is 0 Å². The number of aryl methyl sites for hydroxylation is 1. The number of amidine groups is 1. The summed E-state index contributed by atoms with van der Waals surface area (Å²) in [7, 11) is 3.45. The molecule has 3 heterocycles. The van der Waals surface area contributed by atoms with Gasteiger partial charge in [0.1, 0.15) is 6.33 Å². The van der Waals surface area contributed by atoms with Crippen molar-refractivity contribution in [2.75, 3.05) is 7.05 Å². The Kier molecular flexibility index (Phi) is 4.52. The number of aromatic nitrogens is 3. The van der Waals surface area contributed by atoms with Crippen molar-refractivity contribution in [1.82, 2.24) is 29.9 Å². The molecule has 0 bridgehead atoms. The van der Waals surface area contributed by atoms with Crippen LogP contribution in [0.5, 0.6) is 0 Å². The number of benzene rings is 1. The highest BCUT2D eigenvalue weighted by molar-refractivity contribution is 8.13. The topological polar surface area (TPSA) is 95.7 Å². The summed E-state index contributed by atoms with van der Waals surface area (Å²) < 4.78 is 1.77. The van der Waals surface area contributed by atoms with Gasteiger partial charge >= 0.3 is 6.03 Å². The number of likely N-dealkylation sites (N-methyl/N-ethyl adjacent to an activating group) is 1. The molecule has 2 aliphatic rings. The number of aliphatic imine (C=N–C) groups is 1. The summed E-state index contributed by atoms with van der Waals surface area (Å²) in [4.78, 5) is 32.5. The van der Waals surface area contributed by atoms with Crippen molar-refractivity contribution in [2.45, 2.75) is 23.9 Å². The van der Waals surface area contributed by atoms with Crippen LogP contribution < -0.4 is 5.32 Å². The van der Waals surface area contributed by atoms with Crippen LogP contribution in [0.15, 0.2) is 40.7 Å². The van der Waals surface area contributed by atoms with Crippen LogP contribution in [0, 0.1) is 0 Å². The maximum atomic E-state index is 12.6. The van der Waals surface area contributed by atoms with Crippen molar-refractivity contribution in [3.8, 4) is 0 Å². The van der Waals surface area contributed by atoms with Gasteiger partial charge in [0.05, 0.1) is 0 Å². The van der Waals surface area contributed by atoms with E-state index in [2.05, 4.69) is 20.5 Å². The first kappa shape index (κ1) is 17.8. The van der Waals surface area contributed by atoms with E-state index < -0.39 is 18.2 Å². The maximum absolute atomic E-state index is 12.6. The lowest BCUT2D eigenvalue weighted by molar-refractivity contribution is -0.127. The van der Waals surface area contributed by atoms with Crippen LogP contribution in [0.1, 0.15) is 5.56 Å². The molecule has 4 rings (SSSR count). The molecule has 2 aromatic rings. The van der Waals surface area contributed by atoms with Crippen LogP contribution in [0.2, 0.25) is 5.02 Å². The molecule has 140 valence electrons. The third-order valence-corrected chi connectivity index (χ3v) is 5.77. The van der Waals surface area contributed by atoms with Gasteiger partial charge in [-0.2, -0.15) is 0 Å². The molecule has 0 spiro atoms. The van der Waals surface area contributed by atoms with Gasteiger partial charge in [0.15, 0.2) is 22.5 Å². The number of nitrogens with one attached hydrogen (secondary N) is 1. The van der Waals surface area contributed by atoms with Gasteiger partial charge in [-0.15, -0.1) is 10.2 Å². The SMILES string of the molecule is CN1C(=O)NC(=O)C2C1N=C(Sc1nncn1C)N2Cc1ccc(Cl)cc1. The zero-order valence-corrected chi connectivity index (χ0v) is 16.1. The molecule has 0 aliphatic carbocycles. The van der Waals surface area contributed by atoms with E-state index in [-0.39, 0.29) is 5.91 Å². The second kappa shape index (κ2) is 6.86. The van der Waals surface area contributed by atoms with Crippen molar-refractivity contribution in [3.05, 3.63) is 41.2 Å². The normalized spacial score (nSPS) is 22.0. The molecule has 0 saturated carbocycles. The van der Waals surface area contributed by atoms with E-state index in [1.807, 2.05) is 24.1 Å². The number of halogens is 1. The van der Waals surface area contributed by atoms with Gasteiger partial charge < -0.3 is 14.4 Å². The van der Waals surface area contributed by atoms with Crippen molar-refractivity contribution >= 4 is 40.5 Å². The molecule has 27 heavy (non-hydrogen) atoms. The minimum Gasteiger partial charge on any atom is -0.331 e. The Balaban J connectivity index is 1.68. The van der Waals surface area contributed by atoms with Gasteiger partial charge in [-0.05, 0) is 29.5 Å². The first-order valence-electron chi connectivity index (χ1n) is 8.12. The minimum absolute atomic E-state index is 0.366. The number of amides is 3. The summed E-state index contributed by atoms with van der Waals surface area (Å²) in [6.45, 7) is 0.442. The van der Waals surface area contributed by atoms with Crippen molar-refractivity contribution in [3.63, 3.8) is 0 Å². The molecule has 2 atom stereocenters. The Morgan fingerprint density at radius 3 is 2.63 bits per heavy atom. The van der Waals surface area contributed by atoms with E-state index in [9.17, 15) is 9.59 Å². The number of carbonyl (C=O) groups excluding carboxylic acids is 2. The number of nitrogens with zero attached hydrogens (tertiary/aromatic N) is 6. The molecule has 2 aliphatic heterocycles. The van der Waals surface area contributed by atoms with E-state index in [0.717, 1.165) is 5.56 Å². The third-order valence-electron chi connectivity index (χ3n) is 4.44. The molecule has 3 amide bonds. The number of imide groups is 1. The third kappa shape index (κ3) is 3.26. The average molecular weight is 406 g/mol. The van der Waals surface area contributed by atoms with Crippen LogP contribution in [0.4, 0.5) is 4.79 Å². The zero-order valence-electron chi connectivity index (χ0n) is 14.5. The fourth-order valence-corrected chi connectivity index (χ4v) is 4.01. The molecule has 0 radical (unpaired) electrons. The molecular weight excluding hydrogens is 390 g/mol. The minimum atomic E-state index is -0.612. The monoisotopic (exact) mass is 405 g/mol. The highest BCUT2D eigenvalue weighted by Gasteiger charge is 2.48. The van der Waals surface area contributed by atoms with Gasteiger partial charge in [-0.3, -0.25) is 10.1 Å². The van der Waals surface area contributed by atoms with Crippen LogP contribution >= 0.6 is 23.4 Å². The molecule has 9 nitrogen and oxygen atoms in total. The van der Waals surface area contributed by atoms with Gasteiger partial charge in [-0.25, -0.2) is 9.79 Å². The Labute approximate surface area is 164 Å². The zero-order chi connectivity index (χ0) is 19.1. The van der Waals surface area contributed by atoms with Crippen LogP contribution in [-0.4, -0.2) is 60.9 Å². The molecule has 2 unspecified atom stereocenters. The van der Waals surface area contributed by atoms with E-state index in [1.54, 1.807) is 30.1 Å². The molecular formula is C16H16ClN7O2S. The number of rotatable bonds is 3. The summed E-state index contributed by atoms with van der Waals surface area (Å²) in [6, 6.07) is 6.33. The molecule has 1 fully saturated rings. The second-order valence-corrected chi connectivity index (χ2v) is 7.63. The largest absolute Gasteiger partial charge is 0.331 e. The fraction of sp³-hybridized carbons (Fsp3) is 0.312. The van der Waals surface area contributed by atoms with E-state index in [1.165, 1.54) is 16.7 Å². The molecule has 1 saturated heterocycles. The number of fused-ring (bicyclic) bond motifs is 1. The van der Waals surface area contributed by atoms with E-state index in [0.29, 0.717) is 21.9 Å². The Morgan fingerprint density at radius 1 is 1.22 bits per heavy atom. The second-order valence-electron chi connectivity index (χ2n) is 6.26. The number of hydrogen-bond donors (Lipinski definition) is 1. The van der Waals surface area contributed by atoms with E-state index in [4.69, 9.17) is 11.6 Å². The lowest BCUT2D eigenvalue weighted by Gasteiger charge is -2.36. The number of thioether (sulfide) groups is 1. The van der Waals surface area contributed by atoms with Gasteiger partial charge in [0, 0.05) is 25.7 Å². The van der Waals surface area contributed by atoms with Gasteiger partial charge in [0.25, 0.3) is 5.91 Å². The summed E-state index contributed by atoms with van der Waals surface area (Å²) in [5.74, 6) is -0.366. The number of carbonyl (C=O) groups is 2. The predicted molar refractivity (Wildman–Crippen MR) is 100 cm³/mol. The standard InChI is InChI=1S/C16H16ClN7O2S/c1-22-8-18-21-16(22)27-15-19-12-11(13(25)20-14(26)23(12)2)24(15)7-9-3-5-10(17)6-4-9/h3-6,8,11-12H,7H2,1-2H3,(H,20,25,26). The Morgan fingerprint density at radius 2 is 1.96 bits per heavy atom. The quantitative estimate of drug-likeness (QED) is 0.827. The number of urea groups is 1. The Hall–Kier alpha value is -2.59. The van der Waals surface area contributed by atoms with Gasteiger partial charge in [-0.1, -0.05) is 23.7 Å². The molecule has 1 aromatic heterocycles. The molecule has 1 aromatic carbocycles. The summed E-state index contributed by atoms with van der Waals surface area (Å²) >= 11 is 7.28. The first-order valence-corrected chi connectivity index (χ1v) is 9.32. The fourth-order valence-electron chi connectivity index (χ4n) is 2.98. The lowest BCUT2D eigenvalue weighted by atomic mass is 10.1.